The molecular formula is C34H46O2Zr. The topological polar surface area (TPSA) is 40.5 Å². The number of para-hydroxylation sites is 2. The Labute approximate surface area is 246 Å². The number of rotatable bonds is 2. The van der Waals surface area contributed by atoms with Crippen molar-refractivity contribution in [3.05, 3.63) is 107 Å². The Balaban J connectivity index is 0.000000463. The Kier molecular flexibility index (Phi) is 16.4. The number of hydrogen-bond donors (Lipinski definition) is 2. The second kappa shape index (κ2) is 17.4. The van der Waals surface area contributed by atoms with E-state index in [0.29, 0.717) is 22.3 Å². The zero-order valence-electron chi connectivity index (χ0n) is 24.2. The van der Waals surface area contributed by atoms with Gasteiger partial charge in [-0.3, -0.25) is 12.2 Å². The van der Waals surface area contributed by atoms with Crippen LogP contribution >= 0.6 is 0 Å². The minimum Gasteiger partial charge on any atom is -0.508 e. The molecule has 2 aliphatic rings. The smallest absolute Gasteiger partial charge is 0.508 e. The summed E-state index contributed by atoms with van der Waals surface area (Å²) in [5.74, 6) is 0.806. The van der Waals surface area contributed by atoms with Gasteiger partial charge in [-0.05, 0) is 46.9 Å². The summed E-state index contributed by atoms with van der Waals surface area (Å²) in [6.07, 6.45) is 19.0. The maximum atomic E-state index is 9.11. The fraction of sp³-hybridized carbons (Fsp3) is 0.412. The summed E-state index contributed by atoms with van der Waals surface area (Å²) in [7, 11) is 0. The molecule has 0 unspecified atom stereocenters. The molecule has 0 amide bonds. The van der Waals surface area contributed by atoms with Gasteiger partial charge in [0.1, 0.15) is 11.5 Å². The Morgan fingerprint density at radius 1 is 0.622 bits per heavy atom. The average Bonchev–Trinajstić information content (AvgIpc) is 3.55. The van der Waals surface area contributed by atoms with Crippen molar-refractivity contribution < 1.29 is 36.4 Å². The van der Waals surface area contributed by atoms with Crippen molar-refractivity contribution in [1.29, 1.82) is 0 Å². The maximum Gasteiger partial charge on any atom is 2.00 e. The van der Waals surface area contributed by atoms with Gasteiger partial charge in [-0.1, -0.05) is 91.8 Å². The van der Waals surface area contributed by atoms with Crippen molar-refractivity contribution in [2.24, 2.45) is 10.8 Å². The number of hydrogen-bond acceptors (Lipinski definition) is 2. The van der Waals surface area contributed by atoms with Gasteiger partial charge in [-0.15, -0.1) is 12.8 Å². The van der Waals surface area contributed by atoms with Crippen LogP contribution in [0.2, 0.25) is 0 Å². The van der Waals surface area contributed by atoms with Gasteiger partial charge in [0.05, 0.1) is 0 Å². The van der Waals surface area contributed by atoms with Crippen LogP contribution in [-0.4, -0.2) is 10.2 Å². The summed E-state index contributed by atoms with van der Waals surface area (Å²) >= 11 is 0. The second-order valence-corrected chi connectivity index (χ2v) is 10.9. The Morgan fingerprint density at radius 3 is 1.11 bits per heavy atom. The molecule has 2 aromatic rings. The van der Waals surface area contributed by atoms with E-state index in [0.717, 1.165) is 36.8 Å². The summed E-state index contributed by atoms with van der Waals surface area (Å²) in [4.78, 5) is 0. The molecule has 2 aliphatic carbocycles. The third kappa shape index (κ3) is 13.8. The van der Waals surface area contributed by atoms with Gasteiger partial charge in [-0.2, -0.15) is 12.2 Å². The molecule has 0 fully saturated rings. The first-order chi connectivity index (χ1) is 16.9. The van der Waals surface area contributed by atoms with Crippen LogP contribution in [0.4, 0.5) is 0 Å². The molecule has 0 spiro atoms. The monoisotopic (exact) mass is 576 g/mol. The maximum absolute atomic E-state index is 9.11. The van der Waals surface area contributed by atoms with Gasteiger partial charge < -0.3 is 10.2 Å². The van der Waals surface area contributed by atoms with E-state index in [9.17, 15) is 0 Å². The summed E-state index contributed by atoms with van der Waals surface area (Å²) in [5.41, 5.74) is 5.32. The number of allylic oxidation sites excluding steroid dienone is 8. The largest absolute Gasteiger partial charge is 2.00 e. The Morgan fingerprint density at radius 2 is 0.946 bits per heavy atom. The van der Waals surface area contributed by atoms with E-state index in [-0.39, 0.29) is 26.2 Å². The first-order valence-corrected chi connectivity index (χ1v) is 13.0. The van der Waals surface area contributed by atoms with Crippen LogP contribution in [0.1, 0.15) is 79.4 Å². The third-order valence-corrected chi connectivity index (χ3v) is 5.75. The number of aryl methyl sites for hydroxylation is 2. The van der Waals surface area contributed by atoms with Crippen molar-refractivity contribution in [3.8, 4) is 11.5 Å². The molecule has 0 aliphatic heterocycles. The molecular weight excluding hydrogens is 532 g/mol. The molecule has 3 heteroatoms. The van der Waals surface area contributed by atoms with Crippen LogP contribution < -0.4 is 0 Å². The molecule has 0 atom stereocenters. The molecule has 0 heterocycles. The third-order valence-electron chi connectivity index (χ3n) is 5.75. The Hall–Kier alpha value is -2.12. The SMILES string of the molecule is CC(C)(C)C1=[C-]CC=C1.CC(C)(C)C1=[C-]CC=C1.CCc1ccccc1O.CCc1ccccc1O.[Zr+2]. The van der Waals surface area contributed by atoms with Gasteiger partial charge in [-0.25, -0.2) is 23.3 Å². The average molecular weight is 578 g/mol. The van der Waals surface area contributed by atoms with Crippen molar-refractivity contribution in [3.63, 3.8) is 0 Å². The molecule has 2 aromatic carbocycles. The van der Waals surface area contributed by atoms with Gasteiger partial charge in [0, 0.05) is 0 Å². The first-order valence-electron chi connectivity index (χ1n) is 13.0. The standard InChI is InChI=1S/2C9H13.2C8H10O.Zr/c2*1-9(2,3)8-6-4-5-7-8;2*1-2-7-5-3-4-6-8(7)9;/h2*4,6H,5H2,1-3H3;2*3-6,9H,2H2,1H3;/q2*-1;;;+2. The molecule has 4 rings (SSSR count). The van der Waals surface area contributed by atoms with E-state index in [1.54, 1.807) is 12.1 Å². The van der Waals surface area contributed by atoms with Gasteiger partial charge in [0.2, 0.25) is 0 Å². The fourth-order valence-corrected chi connectivity index (χ4v) is 3.46. The molecule has 0 aromatic heterocycles. The van der Waals surface area contributed by atoms with Crippen molar-refractivity contribution in [1.82, 2.24) is 0 Å². The quantitative estimate of drug-likeness (QED) is 0.349. The van der Waals surface area contributed by atoms with E-state index in [1.165, 1.54) is 11.1 Å². The molecule has 2 nitrogen and oxygen atoms in total. The molecule has 0 radical (unpaired) electrons. The van der Waals surface area contributed by atoms with Crippen molar-refractivity contribution in [2.45, 2.75) is 81.1 Å². The molecule has 2 N–H and O–H groups in total. The van der Waals surface area contributed by atoms with Crippen LogP contribution in [0.25, 0.3) is 0 Å². The zero-order valence-corrected chi connectivity index (χ0v) is 26.6. The van der Waals surface area contributed by atoms with E-state index in [1.807, 2.05) is 50.2 Å². The van der Waals surface area contributed by atoms with Gasteiger partial charge in [0.15, 0.2) is 0 Å². The van der Waals surface area contributed by atoms with Crippen molar-refractivity contribution in [2.75, 3.05) is 0 Å². The van der Waals surface area contributed by atoms with Crippen LogP contribution in [-0.2, 0) is 39.0 Å². The number of phenolic OH excluding ortho intramolecular Hbond substituents is 2. The minimum atomic E-state index is 0. The zero-order chi connectivity index (χ0) is 27.2. The normalized spacial score (nSPS) is 13.5. The summed E-state index contributed by atoms with van der Waals surface area (Å²) in [6.45, 7) is 17.3. The second-order valence-electron chi connectivity index (χ2n) is 10.9. The van der Waals surface area contributed by atoms with Gasteiger partial charge >= 0.3 is 26.2 Å². The predicted molar refractivity (Wildman–Crippen MR) is 155 cm³/mol. The minimum absolute atomic E-state index is 0. The van der Waals surface area contributed by atoms with E-state index < -0.39 is 0 Å². The number of aromatic hydroxyl groups is 2. The van der Waals surface area contributed by atoms with Crippen LogP contribution in [0.3, 0.4) is 0 Å². The van der Waals surface area contributed by atoms with Gasteiger partial charge in [0.25, 0.3) is 0 Å². The number of benzene rings is 2. The molecule has 198 valence electrons. The number of phenols is 2. The first kappa shape index (κ1) is 34.9. The molecule has 0 bridgehead atoms. The van der Waals surface area contributed by atoms with E-state index in [2.05, 4.69) is 78.0 Å². The van der Waals surface area contributed by atoms with Crippen LogP contribution in [0.15, 0.2) is 84.0 Å². The molecule has 0 saturated carbocycles. The van der Waals surface area contributed by atoms with Crippen LogP contribution in [0.5, 0.6) is 11.5 Å². The molecule has 0 saturated heterocycles. The molecule has 37 heavy (non-hydrogen) atoms. The fourth-order valence-electron chi connectivity index (χ4n) is 3.46. The van der Waals surface area contributed by atoms with E-state index >= 15 is 0 Å². The Bertz CT molecular complexity index is 958. The summed E-state index contributed by atoms with van der Waals surface area (Å²) in [6, 6.07) is 14.8. The predicted octanol–water partition coefficient (Wildman–Crippen LogP) is 9.35. The summed E-state index contributed by atoms with van der Waals surface area (Å²) < 4.78 is 0. The van der Waals surface area contributed by atoms with E-state index in [4.69, 9.17) is 10.2 Å². The summed E-state index contributed by atoms with van der Waals surface area (Å²) in [5, 5.41) is 18.2. The van der Waals surface area contributed by atoms with Crippen molar-refractivity contribution >= 4 is 0 Å². The van der Waals surface area contributed by atoms with Crippen LogP contribution in [0, 0.1) is 23.0 Å².